The monoisotopic (exact) mass is 185 g/mol. The lowest BCUT2D eigenvalue weighted by molar-refractivity contribution is -0.0160. The fraction of sp³-hybridized carbons (Fsp3) is 1.00. The Kier molecular flexibility index (Phi) is 1.96. The zero-order valence-electron chi connectivity index (χ0n) is 8.50. The van der Waals surface area contributed by atoms with Crippen molar-refractivity contribution in [2.24, 2.45) is 5.41 Å². The van der Waals surface area contributed by atoms with Crippen LogP contribution in [-0.4, -0.2) is 28.1 Å². The van der Waals surface area contributed by atoms with Crippen molar-refractivity contribution in [2.45, 2.75) is 51.6 Å². The van der Waals surface area contributed by atoms with Crippen molar-refractivity contribution >= 4 is 11.8 Å². The Morgan fingerprint density at radius 2 is 2.00 bits per heavy atom. The highest BCUT2D eigenvalue weighted by atomic mass is 32.2. The first-order valence-corrected chi connectivity index (χ1v) is 5.96. The largest absolute Gasteiger partial charge is 0.285 e. The quantitative estimate of drug-likeness (QED) is 0.570. The second-order valence-corrected chi connectivity index (χ2v) is 6.13. The maximum atomic E-state index is 2.69. The molecule has 0 spiro atoms. The molecule has 0 radical (unpaired) electrons. The van der Waals surface area contributed by atoms with E-state index in [0.29, 0.717) is 5.41 Å². The van der Waals surface area contributed by atoms with E-state index >= 15 is 0 Å². The second-order valence-electron chi connectivity index (χ2n) is 4.96. The van der Waals surface area contributed by atoms with E-state index in [-0.39, 0.29) is 0 Å². The van der Waals surface area contributed by atoms with Crippen LogP contribution in [0.4, 0.5) is 0 Å². The summed E-state index contributed by atoms with van der Waals surface area (Å²) in [6.45, 7) is 9.54. The standard InChI is InChI=1S/C10H19NS/c1-7-5-9-11(7)8(2)10(3,4)6-12-9/h7-9H,5-6H2,1-4H3. The molecule has 0 aromatic rings. The summed E-state index contributed by atoms with van der Waals surface area (Å²) in [4.78, 5) is 2.69. The molecule has 2 rings (SSSR count). The van der Waals surface area contributed by atoms with Crippen LogP contribution in [0, 0.1) is 5.41 Å². The summed E-state index contributed by atoms with van der Waals surface area (Å²) in [7, 11) is 0. The van der Waals surface area contributed by atoms with Crippen molar-refractivity contribution < 1.29 is 0 Å². The van der Waals surface area contributed by atoms with Crippen molar-refractivity contribution in [3.8, 4) is 0 Å². The maximum Gasteiger partial charge on any atom is 0.0577 e. The van der Waals surface area contributed by atoms with Crippen LogP contribution < -0.4 is 0 Å². The van der Waals surface area contributed by atoms with Crippen molar-refractivity contribution in [2.75, 3.05) is 5.75 Å². The average Bonchev–Trinajstić information content (AvgIpc) is 1.95. The molecule has 2 saturated heterocycles. The molecule has 0 bridgehead atoms. The van der Waals surface area contributed by atoms with E-state index in [2.05, 4.69) is 44.4 Å². The van der Waals surface area contributed by atoms with Crippen LogP contribution in [0.3, 0.4) is 0 Å². The summed E-state index contributed by atoms with van der Waals surface area (Å²) in [5.74, 6) is 1.34. The Hall–Kier alpha value is 0.310. The summed E-state index contributed by atoms with van der Waals surface area (Å²) >= 11 is 2.15. The number of nitrogens with zero attached hydrogens (tertiary/aromatic N) is 1. The van der Waals surface area contributed by atoms with E-state index in [0.717, 1.165) is 17.5 Å². The van der Waals surface area contributed by atoms with Crippen LogP contribution in [0.15, 0.2) is 0 Å². The van der Waals surface area contributed by atoms with E-state index in [1.807, 2.05) is 0 Å². The van der Waals surface area contributed by atoms with Gasteiger partial charge < -0.3 is 0 Å². The van der Waals surface area contributed by atoms with Crippen LogP contribution in [0.1, 0.15) is 34.1 Å². The van der Waals surface area contributed by atoms with Gasteiger partial charge in [-0.25, -0.2) is 0 Å². The summed E-state index contributed by atoms with van der Waals surface area (Å²) in [5, 5.41) is 0.850. The highest BCUT2D eigenvalue weighted by Crippen LogP contribution is 2.47. The predicted molar refractivity (Wildman–Crippen MR) is 55.4 cm³/mol. The predicted octanol–water partition coefficient (Wildman–Crippen LogP) is 2.57. The minimum absolute atomic E-state index is 0.510. The Morgan fingerprint density at radius 1 is 1.33 bits per heavy atom. The van der Waals surface area contributed by atoms with Gasteiger partial charge in [0.1, 0.15) is 0 Å². The minimum Gasteiger partial charge on any atom is -0.285 e. The molecule has 2 heteroatoms. The first-order valence-electron chi connectivity index (χ1n) is 4.91. The van der Waals surface area contributed by atoms with Gasteiger partial charge in [0.2, 0.25) is 0 Å². The van der Waals surface area contributed by atoms with Gasteiger partial charge in [-0.2, -0.15) is 0 Å². The molecule has 2 heterocycles. The van der Waals surface area contributed by atoms with Gasteiger partial charge in [0, 0.05) is 17.8 Å². The highest BCUT2D eigenvalue weighted by molar-refractivity contribution is 8.00. The first-order chi connectivity index (χ1) is 5.52. The summed E-state index contributed by atoms with van der Waals surface area (Å²) in [6, 6.07) is 1.60. The molecular weight excluding hydrogens is 166 g/mol. The molecule has 0 amide bonds. The minimum atomic E-state index is 0.510. The third kappa shape index (κ3) is 1.12. The van der Waals surface area contributed by atoms with Crippen LogP contribution in [0.25, 0.3) is 0 Å². The van der Waals surface area contributed by atoms with Crippen LogP contribution >= 0.6 is 11.8 Å². The van der Waals surface area contributed by atoms with Crippen molar-refractivity contribution in [3.05, 3.63) is 0 Å². The van der Waals surface area contributed by atoms with Gasteiger partial charge in [0.25, 0.3) is 0 Å². The van der Waals surface area contributed by atoms with E-state index in [1.54, 1.807) is 0 Å². The topological polar surface area (TPSA) is 3.24 Å². The molecule has 3 atom stereocenters. The van der Waals surface area contributed by atoms with Gasteiger partial charge >= 0.3 is 0 Å². The Balaban J connectivity index is 2.12. The average molecular weight is 185 g/mol. The van der Waals surface area contributed by atoms with Crippen LogP contribution in [0.5, 0.6) is 0 Å². The van der Waals surface area contributed by atoms with Crippen molar-refractivity contribution in [1.82, 2.24) is 4.90 Å². The number of hydrogen-bond donors (Lipinski definition) is 0. The third-order valence-electron chi connectivity index (χ3n) is 3.61. The van der Waals surface area contributed by atoms with Gasteiger partial charge in [-0.15, -0.1) is 11.8 Å². The molecule has 1 nitrogen and oxygen atoms in total. The van der Waals surface area contributed by atoms with Gasteiger partial charge in [-0.3, -0.25) is 4.90 Å². The number of thioether (sulfide) groups is 1. The van der Waals surface area contributed by atoms with E-state index in [9.17, 15) is 0 Å². The molecule has 2 aliphatic heterocycles. The van der Waals surface area contributed by atoms with E-state index in [4.69, 9.17) is 0 Å². The Morgan fingerprint density at radius 3 is 2.50 bits per heavy atom. The normalized spacial score (nSPS) is 46.5. The van der Waals surface area contributed by atoms with Crippen molar-refractivity contribution in [3.63, 3.8) is 0 Å². The smallest absolute Gasteiger partial charge is 0.0577 e. The summed E-state index contributed by atoms with van der Waals surface area (Å²) in [5.41, 5.74) is 0.510. The highest BCUT2D eigenvalue weighted by Gasteiger charge is 2.47. The number of rotatable bonds is 0. The molecule has 3 unspecified atom stereocenters. The van der Waals surface area contributed by atoms with Gasteiger partial charge in [0.15, 0.2) is 0 Å². The first kappa shape index (κ1) is 8.89. The lowest BCUT2D eigenvalue weighted by Gasteiger charge is -2.58. The third-order valence-corrected chi connectivity index (χ3v) is 5.34. The fourth-order valence-electron chi connectivity index (χ4n) is 2.30. The molecule has 0 N–H and O–H groups in total. The maximum absolute atomic E-state index is 2.69. The molecule has 2 aliphatic rings. The lowest BCUT2D eigenvalue weighted by Crippen LogP contribution is -2.63. The second kappa shape index (κ2) is 2.65. The molecule has 2 fully saturated rings. The van der Waals surface area contributed by atoms with E-state index < -0.39 is 0 Å². The SMILES string of the molecule is CC1CC2SCC(C)(C)C(C)N12. The van der Waals surface area contributed by atoms with Gasteiger partial charge in [-0.05, 0) is 25.7 Å². The molecule has 0 aliphatic carbocycles. The summed E-state index contributed by atoms with van der Waals surface area (Å²) < 4.78 is 0. The van der Waals surface area contributed by atoms with Crippen molar-refractivity contribution in [1.29, 1.82) is 0 Å². The van der Waals surface area contributed by atoms with E-state index in [1.165, 1.54) is 12.2 Å². The van der Waals surface area contributed by atoms with Crippen LogP contribution in [0.2, 0.25) is 0 Å². The van der Waals surface area contributed by atoms with Gasteiger partial charge in [0.05, 0.1) is 5.37 Å². The molecular formula is C10H19NS. The molecule has 0 aromatic heterocycles. The molecule has 12 heavy (non-hydrogen) atoms. The van der Waals surface area contributed by atoms with Gasteiger partial charge in [-0.1, -0.05) is 13.8 Å². The Labute approximate surface area is 79.9 Å². The number of hydrogen-bond acceptors (Lipinski definition) is 2. The lowest BCUT2D eigenvalue weighted by atomic mass is 9.83. The zero-order valence-corrected chi connectivity index (χ0v) is 9.32. The summed E-state index contributed by atoms with van der Waals surface area (Å²) in [6.07, 6.45) is 1.41. The molecule has 0 aromatic carbocycles. The molecule has 0 saturated carbocycles. The zero-order chi connectivity index (χ0) is 8.93. The van der Waals surface area contributed by atoms with Crippen LogP contribution in [-0.2, 0) is 0 Å². The number of fused-ring (bicyclic) bond motifs is 1. The Bertz CT molecular complexity index is 190. The fourth-order valence-corrected chi connectivity index (χ4v) is 4.14. The molecule has 70 valence electrons.